The Kier molecular flexibility index (Phi) is 4.15. The van der Waals surface area contributed by atoms with Crippen molar-refractivity contribution in [3.63, 3.8) is 0 Å². The van der Waals surface area contributed by atoms with Gasteiger partial charge in [0, 0.05) is 30.5 Å². The monoisotopic (exact) mass is 423 g/mol. The SMILES string of the molecule is Cc1ccccc1-n1cc2c(c1-c1ccc(Br)cc1)c(=O)n(C)c(=O)n2C. The van der Waals surface area contributed by atoms with Crippen LogP contribution in [0.25, 0.3) is 27.8 Å². The van der Waals surface area contributed by atoms with Crippen LogP contribution in [-0.2, 0) is 14.1 Å². The molecule has 0 unspecified atom stereocenters. The lowest BCUT2D eigenvalue weighted by Crippen LogP contribution is -2.36. The molecule has 0 aliphatic carbocycles. The average molecular weight is 424 g/mol. The first-order valence-corrected chi connectivity index (χ1v) is 9.32. The van der Waals surface area contributed by atoms with Crippen LogP contribution in [0.1, 0.15) is 5.56 Å². The second kappa shape index (κ2) is 6.39. The molecule has 2 heterocycles. The minimum Gasteiger partial charge on any atom is -0.313 e. The van der Waals surface area contributed by atoms with Crippen LogP contribution in [-0.4, -0.2) is 13.7 Å². The number of aromatic nitrogens is 3. The van der Waals surface area contributed by atoms with Crippen LogP contribution in [0.3, 0.4) is 0 Å². The molecule has 27 heavy (non-hydrogen) atoms. The number of nitrogens with zero attached hydrogens (tertiary/aromatic N) is 3. The summed E-state index contributed by atoms with van der Waals surface area (Å²) in [4.78, 5) is 25.4. The highest BCUT2D eigenvalue weighted by atomic mass is 79.9. The second-order valence-electron chi connectivity index (χ2n) is 6.61. The molecule has 0 amide bonds. The number of aryl methyl sites for hydroxylation is 2. The summed E-state index contributed by atoms with van der Waals surface area (Å²) in [5.74, 6) is 0. The van der Waals surface area contributed by atoms with E-state index in [1.165, 1.54) is 11.6 Å². The van der Waals surface area contributed by atoms with Gasteiger partial charge in [-0.05, 0) is 36.2 Å². The molecule has 0 saturated heterocycles. The third kappa shape index (κ3) is 2.68. The van der Waals surface area contributed by atoms with Gasteiger partial charge in [0.15, 0.2) is 0 Å². The van der Waals surface area contributed by atoms with Crippen molar-refractivity contribution in [3.8, 4) is 16.9 Å². The van der Waals surface area contributed by atoms with Crippen LogP contribution in [0.4, 0.5) is 0 Å². The molecule has 0 aliphatic heterocycles. The van der Waals surface area contributed by atoms with Gasteiger partial charge in [-0.15, -0.1) is 0 Å². The highest BCUT2D eigenvalue weighted by Gasteiger charge is 2.20. The van der Waals surface area contributed by atoms with Crippen molar-refractivity contribution in [3.05, 3.63) is 85.6 Å². The van der Waals surface area contributed by atoms with E-state index in [4.69, 9.17) is 0 Å². The summed E-state index contributed by atoms with van der Waals surface area (Å²) in [7, 11) is 3.21. The van der Waals surface area contributed by atoms with Crippen molar-refractivity contribution in [1.82, 2.24) is 13.7 Å². The van der Waals surface area contributed by atoms with Gasteiger partial charge < -0.3 is 4.57 Å². The van der Waals surface area contributed by atoms with Crippen LogP contribution in [0.2, 0.25) is 0 Å². The molecular weight excluding hydrogens is 406 g/mol. The summed E-state index contributed by atoms with van der Waals surface area (Å²) < 4.78 is 5.65. The van der Waals surface area contributed by atoms with Crippen LogP contribution < -0.4 is 11.2 Å². The Hall–Kier alpha value is -2.86. The third-order valence-corrected chi connectivity index (χ3v) is 5.46. The molecule has 136 valence electrons. The molecule has 0 bridgehead atoms. The van der Waals surface area contributed by atoms with Gasteiger partial charge >= 0.3 is 5.69 Å². The first-order valence-electron chi connectivity index (χ1n) is 8.53. The lowest BCUT2D eigenvalue weighted by atomic mass is 10.1. The zero-order valence-corrected chi connectivity index (χ0v) is 16.8. The fourth-order valence-corrected chi connectivity index (χ4v) is 3.72. The molecule has 4 rings (SSSR count). The van der Waals surface area contributed by atoms with Gasteiger partial charge in [0.1, 0.15) is 0 Å². The number of hydrogen-bond acceptors (Lipinski definition) is 2. The van der Waals surface area contributed by atoms with Crippen molar-refractivity contribution >= 4 is 26.8 Å². The number of rotatable bonds is 2. The summed E-state index contributed by atoms with van der Waals surface area (Å²) in [6.45, 7) is 2.03. The fraction of sp³-hybridized carbons (Fsp3) is 0.143. The predicted molar refractivity (Wildman–Crippen MR) is 112 cm³/mol. The molecule has 6 heteroatoms. The lowest BCUT2D eigenvalue weighted by Gasteiger charge is -2.12. The highest BCUT2D eigenvalue weighted by Crippen LogP contribution is 2.32. The Balaban J connectivity index is 2.23. The van der Waals surface area contributed by atoms with Gasteiger partial charge in [-0.25, -0.2) is 4.79 Å². The van der Waals surface area contributed by atoms with E-state index < -0.39 is 0 Å². The van der Waals surface area contributed by atoms with Crippen LogP contribution in [0.15, 0.2) is 68.8 Å². The molecule has 0 fully saturated rings. The van der Waals surface area contributed by atoms with Crippen LogP contribution in [0, 0.1) is 6.92 Å². The van der Waals surface area contributed by atoms with Gasteiger partial charge in [-0.2, -0.15) is 0 Å². The predicted octanol–water partition coefficient (Wildman–Crippen LogP) is 3.77. The van der Waals surface area contributed by atoms with Crippen molar-refractivity contribution in [1.29, 1.82) is 0 Å². The first kappa shape index (κ1) is 17.5. The van der Waals surface area contributed by atoms with E-state index in [9.17, 15) is 9.59 Å². The maximum Gasteiger partial charge on any atom is 0.330 e. The molecule has 0 spiro atoms. The van der Waals surface area contributed by atoms with Gasteiger partial charge in [0.05, 0.1) is 16.6 Å². The maximum absolute atomic E-state index is 13.0. The molecular formula is C21H18BrN3O2. The lowest BCUT2D eigenvalue weighted by molar-refractivity contribution is 0.714. The van der Waals surface area contributed by atoms with E-state index >= 15 is 0 Å². The summed E-state index contributed by atoms with van der Waals surface area (Å²) in [5, 5.41) is 0.533. The normalized spacial score (nSPS) is 11.3. The van der Waals surface area contributed by atoms with Gasteiger partial charge in [-0.3, -0.25) is 13.9 Å². The smallest absolute Gasteiger partial charge is 0.313 e. The van der Waals surface area contributed by atoms with Crippen molar-refractivity contribution in [2.45, 2.75) is 6.92 Å². The zero-order chi connectivity index (χ0) is 19.3. The first-order chi connectivity index (χ1) is 12.9. The van der Waals surface area contributed by atoms with E-state index in [0.29, 0.717) is 10.9 Å². The summed E-state index contributed by atoms with van der Waals surface area (Å²) in [5.41, 5.74) is 3.73. The van der Waals surface area contributed by atoms with Gasteiger partial charge in [0.2, 0.25) is 0 Å². The molecule has 5 nitrogen and oxygen atoms in total. The zero-order valence-electron chi connectivity index (χ0n) is 15.2. The molecule has 0 radical (unpaired) electrons. The molecule has 0 atom stereocenters. The Morgan fingerprint density at radius 2 is 1.56 bits per heavy atom. The maximum atomic E-state index is 13.0. The Morgan fingerprint density at radius 3 is 2.22 bits per heavy atom. The van der Waals surface area contributed by atoms with Gasteiger partial charge in [-0.1, -0.05) is 46.3 Å². The molecule has 0 aliphatic rings. The molecule has 0 saturated carbocycles. The summed E-state index contributed by atoms with van der Waals surface area (Å²) in [6.07, 6.45) is 1.87. The van der Waals surface area contributed by atoms with Crippen LogP contribution >= 0.6 is 15.9 Å². The topological polar surface area (TPSA) is 48.9 Å². The van der Waals surface area contributed by atoms with Crippen molar-refractivity contribution < 1.29 is 0 Å². The average Bonchev–Trinajstić information content (AvgIpc) is 3.06. The Bertz CT molecular complexity index is 1290. The summed E-state index contributed by atoms with van der Waals surface area (Å²) >= 11 is 3.46. The quantitative estimate of drug-likeness (QED) is 0.492. The number of fused-ring (bicyclic) bond motifs is 1. The fourth-order valence-electron chi connectivity index (χ4n) is 3.46. The number of halogens is 1. The second-order valence-corrected chi connectivity index (χ2v) is 7.52. The largest absolute Gasteiger partial charge is 0.330 e. The van der Waals surface area contributed by atoms with Gasteiger partial charge in [0.25, 0.3) is 5.56 Å². The van der Waals surface area contributed by atoms with Crippen LogP contribution in [0.5, 0.6) is 0 Å². The van der Waals surface area contributed by atoms with E-state index in [1.54, 1.807) is 7.05 Å². The third-order valence-electron chi connectivity index (χ3n) is 4.93. The molecule has 0 N–H and O–H groups in total. The minimum absolute atomic E-state index is 0.293. The van der Waals surface area contributed by atoms with E-state index in [-0.39, 0.29) is 11.2 Å². The van der Waals surface area contributed by atoms with E-state index in [1.807, 2.05) is 66.2 Å². The number of hydrogen-bond donors (Lipinski definition) is 0. The Morgan fingerprint density at radius 1 is 0.889 bits per heavy atom. The molecule has 2 aromatic carbocycles. The number of para-hydroxylation sites is 1. The van der Waals surface area contributed by atoms with E-state index in [0.717, 1.165) is 31.5 Å². The highest BCUT2D eigenvalue weighted by molar-refractivity contribution is 9.10. The minimum atomic E-state index is -0.336. The summed E-state index contributed by atoms with van der Waals surface area (Å²) in [6, 6.07) is 15.8. The Labute approximate surface area is 164 Å². The number of benzene rings is 2. The van der Waals surface area contributed by atoms with Crippen molar-refractivity contribution in [2.24, 2.45) is 14.1 Å². The molecule has 2 aromatic heterocycles. The molecule has 4 aromatic rings. The van der Waals surface area contributed by atoms with Crippen molar-refractivity contribution in [2.75, 3.05) is 0 Å². The standard InChI is InChI=1S/C21H18BrN3O2/c1-13-6-4-5-7-16(13)25-12-17-18(20(26)24(3)21(27)23(17)2)19(25)14-8-10-15(22)11-9-14/h4-12H,1-3H3. The van der Waals surface area contributed by atoms with E-state index in [2.05, 4.69) is 15.9 Å².